The first kappa shape index (κ1) is 12.5. The van der Waals surface area contributed by atoms with Crippen LogP contribution in [0.15, 0.2) is 15.9 Å². The predicted octanol–water partition coefficient (Wildman–Crippen LogP) is 3.63. The number of hydrogen-bond donors (Lipinski definition) is 1. The number of hydrogen-bond acceptors (Lipinski definition) is 2. The molecule has 0 aliphatic rings. The van der Waals surface area contributed by atoms with E-state index < -0.39 is 24.5 Å². The zero-order valence-electron chi connectivity index (χ0n) is 7.21. The third-order valence-corrected chi connectivity index (χ3v) is 3.72. The van der Waals surface area contributed by atoms with Crippen molar-refractivity contribution in [1.29, 1.82) is 0 Å². The molecule has 84 valence electrons. The number of carboxylic acid groups (broad SMARTS) is 1. The molecule has 0 saturated heterocycles. The Kier molecular flexibility index (Phi) is 3.77. The van der Waals surface area contributed by atoms with Crippen LogP contribution in [0.25, 0.3) is 0 Å². The third-order valence-electron chi connectivity index (χ3n) is 1.74. The number of halogens is 4. The first-order chi connectivity index (χ1) is 6.82. The highest BCUT2D eigenvalue weighted by molar-refractivity contribution is 9.10. The van der Waals surface area contributed by atoms with Crippen LogP contribution in [0.3, 0.4) is 0 Å². The summed E-state index contributed by atoms with van der Waals surface area (Å²) in [7, 11) is 0. The van der Waals surface area contributed by atoms with E-state index in [2.05, 4.69) is 15.9 Å². The molecule has 0 saturated carbocycles. The van der Waals surface area contributed by atoms with E-state index in [1.54, 1.807) is 0 Å². The van der Waals surface area contributed by atoms with Gasteiger partial charge < -0.3 is 5.11 Å². The van der Waals surface area contributed by atoms with Crippen LogP contribution in [0.4, 0.5) is 13.2 Å². The van der Waals surface area contributed by atoms with E-state index in [-0.39, 0.29) is 4.88 Å². The van der Waals surface area contributed by atoms with Gasteiger partial charge in [-0.05, 0) is 27.4 Å². The summed E-state index contributed by atoms with van der Waals surface area (Å²) >= 11 is 3.86. The Morgan fingerprint density at radius 3 is 2.53 bits per heavy atom. The molecule has 7 heteroatoms. The number of carbonyl (C=O) groups is 1. The fourth-order valence-corrected chi connectivity index (χ4v) is 2.86. The van der Waals surface area contributed by atoms with Gasteiger partial charge in [0.1, 0.15) is 5.92 Å². The van der Waals surface area contributed by atoms with Gasteiger partial charge in [0.05, 0.1) is 6.42 Å². The number of thiophene rings is 1. The van der Waals surface area contributed by atoms with Gasteiger partial charge in [0.25, 0.3) is 0 Å². The van der Waals surface area contributed by atoms with Crippen molar-refractivity contribution >= 4 is 33.2 Å². The van der Waals surface area contributed by atoms with Crippen LogP contribution in [-0.2, 0) is 4.79 Å². The first-order valence-corrected chi connectivity index (χ1v) is 5.51. The van der Waals surface area contributed by atoms with Crippen LogP contribution >= 0.6 is 27.3 Å². The summed E-state index contributed by atoms with van der Waals surface area (Å²) in [6.45, 7) is 0. The second-order valence-corrected chi connectivity index (χ2v) is 4.63. The van der Waals surface area contributed by atoms with E-state index in [9.17, 15) is 18.0 Å². The minimum atomic E-state index is -4.54. The quantitative estimate of drug-likeness (QED) is 0.926. The van der Waals surface area contributed by atoms with Crippen molar-refractivity contribution in [2.75, 3.05) is 0 Å². The highest BCUT2D eigenvalue weighted by Crippen LogP contribution is 2.42. The van der Waals surface area contributed by atoms with Gasteiger partial charge in [-0.3, -0.25) is 4.79 Å². The molecule has 1 N–H and O–H groups in total. The molecule has 1 unspecified atom stereocenters. The first-order valence-electron chi connectivity index (χ1n) is 3.83. The highest BCUT2D eigenvalue weighted by atomic mass is 79.9. The van der Waals surface area contributed by atoms with Crippen LogP contribution in [0, 0.1) is 0 Å². The zero-order valence-corrected chi connectivity index (χ0v) is 9.62. The van der Waals surface area contributed by atoms with Crippen molar-refractivity contribution < 1.29 is 23.1 Å². The summed E-state index contributed by atoms with van der Waals surface area (Å²) in [5.41, 5.74) is 0. The fraction of sp³-hybridized carbons (Fsp3) is 0.375. The standard InChI is InChI=1S/C8H6BrF3O2S/c9-5-1-2-15-7(5)4(3-6(13)14)8(10,11)12/h1-2,4H,3H2,(H,13,14). The molecular weight excluding hydrogens is 297 g/mol. The van der Waals surface area contributed by atoms with Gasteiger partial charge in [0.15, 0.2) is 0 Å². The van der Waals surface area contributed by atoms with E-state index in [4.69, 9.17) is 5.11 Å². The normalized spacial score (nSPS) is 13.9. The van der Waals surface area contributed by atoms with E-state index in [1.165, 1.54) is 11.4 Å². The molecule has 1 rings (SSSR count). The van der Waals surface area contributed by atoms with Crippen molar-refractivity contribution in [3.05, 3.63) is 20.8 Å². The zero-order chi connectivity index (χ0) is 11.6. The molecular formula is C8H6BrF3O2S. The van der Waals surface area contributed by atoms with Gasteiger partial charge in [-0.15, -0.1) is 11.3 Å². The van der Waals surface area contributed by atoms with Gasteiger partial charge in [-0.1, -0.05) is 0 Å². The molecule has 0 fully saturated rings. The van der Waals surface area contributed by atoms with E-state index in [1.807, 2.05) is 0 Å². The summed E-state index contributed by atoms with van der Waals surface area (Å²) in [6, 6.07) is 1.47. The average molecular weight is 303 g/mol. The molecule has 1 heterocycles. The van der Waals surface area contributed by atoms with E-state index in [0.717, 1.165) is 11.3 Å². The number of rotatable bonds is 3. The van der Waals surface area contributed by atoms with Crippen molar-refractivity contribution in [2.24, 2.45) is 0 Å². The van der Waals surface area contributed by atoms with Crippen molar-refractivity contribution in [2.45, 2.75) is 18.5 Å². The molecule has 0 amide bonds. The number of carboxylic acids is 1. The molecule has 0 spiro atoms. The Morgan fingerprint density at radius 2 is 2.20 bits per heavy atom. The average Bonchev–Trinajstić information content (AvgIpc) is 2.45. The monoisotopic (exact) mass is 302 g/mol. The molecule has 15 heavy (non-hydrogen) atoms. The highest BCUT2D eigenvalue weighted by Gasteiger charge is 2.43. The largest absolute Gasteiger partial charge is 0.481 e. The summed E-state index contributed by atoms with van der Waals surface area (Å²) < 4.78 is 37.9. The van der Waals surface area contributed by atoms with Crippen molar-refractivity contribution in [3.63, 3.8) is 0 Å². The van der Waals surface area contributed by atoms with E-state index >= 15 is 0 Å². The molecule has 1 aromatic rings. The lowest BCUT2D eigenvalue weighted by atomic mass is 10.0. The van der Waals surface area contributed by atoms with Crippen LogP contribution in [0.1, 0.15) is 17.2 Å². The van der Waals surface area contributed by atoms with E-state index in [0.29, 0.717) is 4.47 Å². The summed E-state index contributed by atoms with van der Waals surface area (Å²) in [4.78, 5) is 10.4. The van der Waals surface area contributed by atoms with Crippen LogP contribution in [0.5, 0.6) is 0 Å². The van der Waals surface area contributed by atoms with Gasteiger partial charge in [-0.2, -0.15) is 13.2 Å². The Bertz CT molecular complexity index is 361. The van der Waals surface area contributed by atoms with Gasteiger partial charge in [0, 0.05) is 9.35 Å². The summed E-state index contributed by atoms with van der Waals surface area (Å²) in [5.74, 6) is -3.40. The maximum Gasteiger partial charge on any atom is 0.397 e. The molecule has 0 aliphatic carbocycles. The molecule has 1 atom stereocenters. The van der Waals surface area contributed by atoms with Gasteiger partial charge >= 0.3 is 12.1 Å². The molecule has 2 nitrogen and oxygen atoms in total. The second kappa shape index (κ2) is 4.52. The predicted molar refractivity (Wildman–Crippen MR) is 53.1 cm³/mol. The van der Waals surface area contributed by atoms with Gasteiger partial charge in [-0.25, -0.2) is 0 Å². The second-order valence-electron chi connectivity index (χ2n) is 2.82. The fourth-order valence-electron chi connectivity index (χ4n) is 1.09. The molecule has 0 bridgehead atoms. The van der Waals surface area contributed by atoms with Crippen molar-refractivity contribution in [3.8, 4) is 0 Å². The summed E-state index contributed by atoms with van der Waals surface area (Å²) in [5, 5.41) is 9.91. The smallest absolute Gasteiger partial charge is 0.397 e. The molecule has 1 aromatic heterocycles. The minimum Gasteiger partial charge on any atom is -0.481 e. The van der Waals surface area contributed by atoms with Gasteiger partial charge in [0.2, 0.25) is 0 Å². The maximum atomic E-state index is 12.5. The van der Waals surface area contributed by atoms with Crippen LogP contribution in [-0.4, -0.2) is 17.3 Å². The summed E-state index contributed by atoms with van der Waals surface area (Å²) in [6.07, 6.45) is -5.48. The SMILES string of the molecule is O=C(O)CC(c1sccc1Br)C(F)(F)F. The number of alkyl halides is 3. The third kappa shape index (κ3) is 3.20. The Labute approximate surface area is 95.9 Å². The minimum absolute atomic E-state index is 0.00454. The molecule has 0 aliphatic heterocycles. The molecule has 0 radical (unpaired) electrons. The number of aliphatic carboxylic acids is 1. The topological polar surface area (TPSA) is 37.3 Å². The lowest BCUT2D eigenvalue weighted by Gasteiger charge is -2.17. The van der Waals surface area contributed by atoms with Crippen LogP contribution in [0.2, 0.25) is 0 Å². The Balaban J connectivity index is 3.02. The van der Waals surface area contributed by atoms with Crippen LogP contribution < -0.4 is 0 Å². The lowest BCUT2D eigenvalue weighted by Crippen LogP contribution is -2.23. The Hall–Kier alpha value is -0.560. The lowest BCUT2D eigenvalue weighted by molar-refractivity contribution is -0.162. The maximum absolute atomic E-state index is 12.5. The van der Waals surface area contributed by atoms with Crippen molar-refractivity contribution in [1.82, 2.24) is 0 Å². The Morgan fingerprint density at radius 1 is 1.60 bits per heavy atom. The molecule has 0 aromatic carbocycles.